The van der Waals surface area contributed by atoms with E-state index in [1.54, 1.807) is 17.4 Å². The van der Waals surface area contributed by atoms with Crippen LogP contribution in [0.2, 0.25) is 0 Å². The van der Waals surface area contributed by atoms with Crippen molar-refractivity contribution in [3.05, 3.63) is 40.1 Å². The molecule has 0 amide bonds. The molecule has 0 fully saturated rings. The van der Waals surface area contributed by atoms with E-state index < -0.39 is 10.0 Å². The van der Waals surface area contributed by atoms with Crippen LogP contribution in [-0.2, 0) is 16.6 Å². The molecular weight excluding hydrogens is 372 g/mol. The van der Waals surface area contributed by atoms with Gasteiger partial charge < -0.3 is 10.6 Å². The van der Waals surface area contributed by atoms with Crippen LogP contribution in [0.1, 0.15) is 22.5 Å². The predicted octanol–water partition coefficient (Wildman–Crippen LogP) is 1.19. The topological polar surface area (TPSA) is 108 Å². The highest BCUT2D eigenvalue weighted by Crippen LogP contribution is 2.16. The summed E-state index contributed by atoms with van der Waals surface area (Å²) >= 11 is 1.63. The first-order chi connectivity index (χ1) is 12.4. The highest BCUT2D eigenvalue weighted by Gasteiger charge is 2.12. The molecule has 8 nitrogen and oxygen atoms in total. The number of aryl methyl sites for hydroxylation is 2. The predicted molar refractivity (Wildman–Crippen MR) is 104 cm³/mol. The zero-order chi connectivity index (χ0) is 19.0. The van der Waals surface area contributed by atoms with E-state index in [0.717, 1.165) is 10.7 Å². The van der Waals surface area contributed by atoms with Crippen LogP contribution >= 0.6 is 11.3 Å². The normalized spacial score (nSPS) is 12.2. The molecule has 10 heteroatoms. The van der Waals surface area contributed by atoms with E-state index in [4.69, 9.17) is 0 Å². The number of pyridine rings is 1. The average molecular weight is 397 g/mol. The van der Waals surface area contributed by atoms with Crippen molar-refractivity contribution < 1.29 is 8.42 Å². The smallest absolute Gasteiger partial charge is 0.242 e. The van der Waals surface area contributed by atoms with Crippen LogP contribution in [-0.4, -0.2) is 44.0 Å². The number of rotatable bonds is 8. The summed E-state index contributed by atoms with van der Waals surface area (Å²) in [6, 6.07) is 3.09. The van der Waals surface area contributed by atoms with Gasteiger partial charge >= 0.3 is 0 Å². The van der Waals surface area contributed by atoms with Crippen LogP contribution in [0.25, 0.3) is 0 Å². The number of hydrogen-bond acceptors (Lipinski definition) is 6. The maximum absolute atomic E-state index is 12.1. The molecule has 0 spiro atoms. The van der Waals surface area contributed by atoms with Crippen LogP contribution in [0.4, 0.5) is 0 Å². The van der Waals surface area contributed by atoms with E-state index in [9.17, 15) is 8.42 Å². The first-order valence-electron chi connectivity index (χ1n) is 8.27. The standard InChI is InChI=1S/C16H24N6O2S2/c1-4-18-16(20-11-15-22-12(2)13(3)25-15)19-8-9-21-26(23,24)14-6-5-7-17-10-14/h5-7,10,21H,4,8-9,11H2,1-3H3,(H2,18,19,20). The Labute approximate surface area is 158 Å². The Hall–Kier alpha value is -2.04. The lowest BCUT2D eigenvalue weighted by Gasteiger charge is -2.11. The Kier molecular flexibility index (Phi) is 7.49. The molecule has 0 unspecified atom stereocenters. The Balaban J connectivity index is 1.85. The number of nitrogens with one attached hydrogen (secondary N) is 3. The summed E-state index contributed by atoms with van der Waals surface area (Å²) in [4.78, 5) is 14.1. The quantitative estimate of drug-likeness (QED) is 0.351. The Morgan fingerprint density at radius 3 is 2.69 bits per heavy atom. The molecule has 0 radical (unpaired) electrons. The SMILES string of the molecule is CCNC(=NCc1nc(C)c(C)s1)NCCNS(=O)(=O)c1cccnc1. The summed E-state index contributed by atoms with van der Waals surface area (Å²) in [5.74, 6) is 0.624. The summed E-state index contributed by atoms with van der Waals surface area (Å²) in [6.07, 6.45) is 2.85. The van der Waals surface area contributed by atoms with Crippen LogP contribution in [0, 0.1) is 13.8 Å². The number of sulfonamides is 1. The Bertz CT molecular complexity index is 814. The third-order valence-corrected chi connectivity index (χ3v) is 5.95. The average Bonchev–Trinajstić information content (AvgIpc) is 2.95. The number of hydrogen-bond donors (Lipinski definition) is 3. The van der Waals surface area contributed by atoms with Crippen molar-refractivity contribution in [2.45, 2.75) is 32.2 Å². The zero-order valence-corrected chi connectivity index (χ0v) is 16.7. The minimum Gasteiger partial charge on any atom is -0.357 e. The van der Waals surface area contributed by atoms with Crippen LogP contribution < -0.4 is 15.4 Å². The van der Waals surface area contributed by atoms with E-state index in [1.807, 2.05) is 20.8 Å². The Morgan fingerprint density at radius 2 is 2.08 bits per heavy atom. The van der Waals surface area contributed by atoms with Crippen molar-refractivity contribution in [3.63, 3.8) is 0 Å². The van der Waals surface area contributed by atoms with Gasteiger partial charge in [0.25, 0.3) is 0 Å². The number of aromatic nitrogens is 2. The van der Waals surface area contributed by atoms with E-state index in [-0.39, 0.29) is 11.4 Å². The third-order valence-electron chi connectivity index (χ3n) is 3.44. The van der Waals surface area contributed by atoms with Gasteiger partial charge in [0.2, 0.25) is 10.0 Å². The lowest BCUT2D eigenvalue weighted by molar-refractivity contribution is 0.580. The number of guanidine groups is 1. The minimum atomic E-state index is -3.55. The molecule has 0 aromatic carbocycles. The highest BCUT2D eigenvalue weighted by atomic mass is 32.2. The molecule has 2 heterocycles. The maximum atomic E-state index is 12.1. The molecule has 0 atom stereocenters. The van der Waals surface area contributed by atoms with Gasteiger partial charge in [0.05, 0.1) is 12.2 Å². The summed E-state index contributed by atoms with van der Waals surface area (Å²) < 4.78 is 26.8. The molecule has 0 bridgehead atoms. The van der Waals surface area contributed by atoms with Gasteiger partial charge in [-0.2, -0.15) is 0 Å². The second-order valence-electron chi connectivity index (χ2n) is 5.46. The number of aliphatic imine (C=N–C) groups is 1. The van der Waals surface area contributed by atoms with Gasteiger partial charge in [0.15, 0.2) is 5.96 Å². The van der Waals surface area contributed by atoms with Gasteiger partial charge in [-0.3, -0.25) is 4.98 Å². The lowest BCUT2D eigenvalue weighted by Crippen LogP contribution is -2.41. The van der Waals surface area contributed by atoms with Gasteiger partial charge in [0, 0.05) is 36.9 Å². The van der Waals surface area contributed by atoms with Crippen LogP contribution in [0.5, 0.6) is 0 Å². The Morgan fingerprint density at radius 1 is 1.27 bits per heavy atom. The van der Waals surface area contributed by atoms with Crippen molar-refractivity contribution in [1.29, 1.82) is 0 Å². The first kappa shape index (κ1) is 20.3. The molecule has 3 N–H and O–H groups in total. The largest absolute Gasteiger partial charge is 0.357 e. The van der Waals surface area contributed by atoms with Gasteiger partial charge in [-0.25, -0.2) is 23.1 Å². The van der Waals surface area contributed by atoms with Crippen LogP contribution in [0.3, 0.4) is 0 Å². The van der Waals surface area contributed by atoms with Crippen molar-refractivity contribution >= 4 is 27.3 Å². The first-order valence-corrected chi connectivity index (χ1v) is 10.6. The van der Waals surface area contributed by atoms with Crippen molar-refractivity contribution in [2.75, 3.05) is 19.6 Å². The highest BCUT2D eigenvalue weighted by molar-refractivity contribution is 7.89. The molecule has 0 saturated heterocycles. The van der Waals surface area contributed by atoms with Gasteiger partial charge in [0.1, 0.15) is 9.90 Å². The summed E-state index contributed by atoms with van der Waals surface area (Å²) in [7, 11) is -3.55. The molecule has 26 heavy (non-hydrogen) atoms. The molecular formula is C16H24N6O2S2. The monoisotopic (exact) mass is 396 g/mol. The molecule has 0 aliphatic carbocycles. The van der Waals surface area contributed by atoms with E-state index >= 15 is 0 Å². The van der Waals surface area contributed by atoms with E-state index in [2.05, 4.69) is 30.3 Å². The second kappa shape index (κ2) is 9.60. The summed E-state index contributed by atoms with van der Waals surface area (Å²) in [5, 5.41) is 7.19. The van der Waals surface area contributed by atoms with Gasteiger partial charge in [-0.05, 0) is 32.9 Å². The molecule has 2 rings (SSSR count). The lowest BCUT2D eigenvalue weighted by atomic mass is 10.4. The molecule has 0 saturated carbocycles. The summed E-state index contributed by atoms with van der Waals surface area (Å²) in [6.45, 7) is 7.83. The minimum absolute atomic E-state index is 0.148. The summed E-state index contributed by atoms with van der Waals surface area (Å²) in [5.41, 5.74) is 1.03. The molecule has 0 aliphatic heterocycles. The second-order valence-corrected chi connectivity index (χ2v) is 8.51. The van der Waals surface area contributed by atoms with Crippen molar-refractivity contribution in [2.24, 2.45) is 4.99 Å². The molecule has 2 aromatic heterocycles. The fourth-order valence-corrected chi connectivity index (χ4v) is 3.90. The fraction of sp³-hybridized carbons (Fsp3) is 0.438. The van der Waals surface area contributed by atoms with E-state index in [0.29, 0.717) is 25.6 Å². The number of nitrogens with zero attached hydrogens (tertiary/aromatic N) is 3. The number of thiazole rings is 1. The van der Waals surface area contributed by atoms with Crippen molar-refractivity contribution in [1.82, 2.24) is 25.3 Å². The van der Waals surface area contributed by atoms with Crippen molar-refractivity contribution in [3.8, 4) is 0 Å². The molecule has 0 aliphatic rings. The maximum Gasteiger partial charge on any atom is 0.242 e. The van der Waals surface area contributed by atoms with Gasteiger partial charge in [-0.1, -0.05) is 0 Å². The molecule has 142 valence electrons. The van der Waals surface area contributed by atoms with E-state index in [1.165, 1.54) is 23.3 Å². The fourth-order valence-electron chi connectivity index (χ4n) is 2.05. The zero-order valence-electron chi connectivity index (χ0n) is 15.1. The third kappa shape index (κ3) is 6.04. The molecule has 2 aromatic rings. The van der Waals surface area contributed by atoms with Gasteiger partial charge in [-0.15, -0.1) is 11.3 Å². The van der Waals surface area contributed by atoms with Crippen LogP contribution in [0.15, 0.2) is 34.4 Å².